The maximum Gasteiger partial charge on any atom is 0.0205 e. The molecule has 1 heteroatoms. The molecule has 0 amide bonds. The van der Waals surface area contributed by atoms with Crippen LogP contribution >= 0.6 is 0 Å². The van der Waals surface area contributed by atoms with Crippen LogP contribution in [0.3, 0.4) is 0 Å². The lowest BCUT2D eigenvalue weighted by atomic mass is 9.67. The van der Waals surface area contributed by atoms with Crippen molar-refractivity contribution < 1.29 is 0 Å². The van der Waals surface area contributed by atoms with E-state index in [0.29, 0.717) is 5.41 Å². The van der Waals surface area contributed by atoms with E-state index in [4.69, 9.17) is 0 Å². The summed E-state index contributed by atoms with van der Waals surface area (Å²) >= 11 is 0. The molecular formula is C18H25N. The van der Waals surface area contributed by atoms with Crippen LogP contribution in [0.25, 0.3) is 0 Å². The van der Waals surface area contributed by atoms with Crippen molar-refractivity contribution in [2.75, 3.05) is 13.1 Å². The smallest absolute Gasteiger partial charge is 0.0205 e. The molecule has 4 rings (SSSR count). The Balaban J connectivity index is 1.55. The van der Waals surface area contributed by atoms with E-state index in [1.807, 2.05) is 0 Å². The first kappa shape index (κ1) is 12.0. The topological polar surface area (TPSA) is 12.0 Å². The molecule has 2 saturated carbocycles. The highest BCUT2D eigenvalue weighted by molar-refractivity contribution is 5.32. The molecule has 3 atom stereocenters. The molecule has 3 unspecified atom stereocenters. The minimum absolute atomic E-state index is 0.461. The van der Waals surface area contributed by atoms with Gasteiger partial charge in [0.25, 0.3) is 0 Å². The zero-order chi connectivity index (χ0) is 12.9. The average Bonchev–Trinajstić information content (AvgIpc) is 2.97. The predicted molar refractivity (Wildman–Crippen MR) is 79.3 cm³/mol. The van der Waals surface area contributed by atoms with Gasteiger partial charge in [-0.15, -0.1) is 0 Å². The molecule has 0 spiro atoms. The normalized spacial score (nSPS) is 35.3. The standard InChI is InChI=1S/C18H25N/c1-13-2-6-17(7-3-13)18(11-19-12-18)10-16-9-14-4-5-15(16)8-14/h2-3,6-7,14-16,19H,4-5,8-12H2,1H3. The summed E-state index contributed by atoms with van der Waals surface area (Å²) in [5.74, 6) is 3.16. The number of aryl methyl sites for hydroxylation is 1. The van der Waals surface area contributed by atoms with E-state index < -0.39 is 0 Å². The van der Waals surface area contributed by atoms with Gasteiger partial charge in [-0.05, 0) is 55.9 Å². The third kappa shape index (κ3) is 1.94. The third-order valence-electron chi connectivity index (χ3n) is 6.13. The van der Waals surface area contributed by atoms with Crippen molar-refractivity contribution in [3.8, 4) is 0 Å². The molecule has 102 valence electrons. The van der Waals surface area contributed by atoms with Gasteiger partial charge in [0.2, 0.25) is 0 Å². The van der Waals surface area contributed by atoms with Crippen molar-refractivity contribution in [1.82, 2.24) is 5.32 Å². The monoisotopic (exact) mass is 255 g/mol. The summed E-state index contributed by atoms with van der Waals surface area (Å²) in [4.78, 5) is 0. The van der Waals surface area contributed by atoms with Crippen LogP contribution in [-0.2, 0) is 5.41 Å². The van der Waals surface area contributed by atoms with Gasteiger partial charge in [-0.1, -0.05) is 36.2 Å². The van der Waals surface area contributed by atoms with Crippen molar-refractivity contribution in [2.45, 2.75) is 44.4 Å². The highest BCUT2D eigenvalue weighted by Gasteiger charge is 2.46. The first-order valence-electron chi connectivity index (χ1n) is 8.03. The van der Waals surface area contributed by atoms with Crippen molar-refractivity contribution in [1.29, 1.82) is 0 Å². The van der Waals surface area contributed by atoms with Crippen molar-refractivity contribution >= 4 is 0 Å². The second-order valence-corrected chi connectivity index (χ2v) is 7.39. The molecule has 2 aliphatic carbocycles. The molecule has 1 aliphatic heterocycles. The molecule has 0 aromatic heterocycles. The number of hydrogen-bond acceptors (Lipinski definition) is 1. The Morgan fingerprint density at radius 1 is 1.11 bits per heavy atom. The largest absolute Gasteiger partial charge is 0.315 e. The number of fused-ring (bicyclic) bond motifs is 2. The first-order chi connectivity index (χ1) is 9.25. The minimum atomic E-state index is 0.461. The summed E-state index contributed by atoms with van der Waals surface area (Å²) in [5.41, 5.74) is 3.42. The molecule has 3 fully saturated rings. The van der Waals surface area contributed by atoms with Gasteiger partial charge in [-0.3, -0.25) is 0 Å². The van der Waals surface area contributed by atoms with Gasteiger partial charge in [0.1, 0.15) is 0 Å². The number of hydrogen-bond donors (Lipinski definition) is 1. The predicted octanol–water partition coefficient (Wildman–Crippen LogP) is 3.66. The van der Waals surface area contributed by atoms with Gasteiger partial charge in [0.15, 0.2) is 0 Å². The Bertz CT molecular complexity index is 457. The van der Waals surface area contributed by atoms with Crippen LogP contribution in [0.5, 0.6) is 0 Å². The molecule has 1 nitrogen and oxygen atoms in total. The van der Waals surface area contributed by atoms with Crippen molar-refractivity contribution in [2.24, 2.45) is 17.8 Å². The highest BCUT2D eigenvalue weighted by atomic mass is 15.0. The second kappa shape index (κ2) is 4.34. The summed E-state index contributed by atoms with van der Waals surface area (Å²) < 4.78 is 0. The van der Waals surface area contributed by atoms with Gasteiger partial charge in [0, 0.05) is 18.5 Å². The van der Waals surface area contributed by atoms with Gasteiger partial charge in [-0.2, -0.15) is 0 Å². The SMILES string of the molecule is Cc1ccc(C2(CC3CC4CCC3C4)CNC2)cc1. The highest BCUT2D eigenvalue weighted by Crippen LogP contribution is 2.52. The van der Waals surface area contributed by atoms with Gasteiger partial charge in [0.05, 0.1) is 0 Å². The quantitative estimate of drug-likeness (QED) is 0.869. The average molecular weight is 255 g/mol. The molecule has 1 saturated heterocycles. The molecule has 1 N–H and O–H groups in total. The second-order valence-electron chi connectivity index (χ2n) is 7.39. The Morgan fingerprint density at radius 3 is 2.42 bits per heavy atom. The van der Waals surface area contributed by atoms with Crippen molar-refractivity contribution in [3.63, 3.8) is 0 Å². The van der Waals surface area contributed by atoms with Crippen LogP contribution in [0.4, 0.5) is 0 Å². The Morgan fingerprint density at radius 2 is 1.89 bits per heavy atom. The van der Waals surface area contributed by atoms with E-state index in [2.05, 4.69) is 36.5 Å². The molecule has 1 heterocycles. The summed E-state index contributed by atoms with van der Waals surface area (Å²) in [6.07, 6.45) is 7.55. The zero-order valence-corrected chi connectivity index (χ0v) is 12.0. The molecule has 0 radical (unpaired) electrons. The fraction of sp³-hybridized carbons (Fsp3) is 0.667. The van der Waals surface area contributed by atoms with E-state index in [9.17, 15) is 0 Å². The van der Waals surface area contributed by atoms with Crippen LogP contribution in [0, 0.1) is 24.7 Å². The minimum Gasteiger partial charge on any atom is -0.315 e. The van der Waals surface area contributed by atoms with E-state index in [1.165, 1.54) is 44.3 Å². The van der Waals surface area contributed by atoms with E-state index in [0.717, 1.165) is 17.8 Å². The van der Waals surface area contributed by atoms with Gasteiger partial charge < -0.3 is 5.32 Å². The third-order valence-corrected chi connectivity index (χ3v) is 6.13. The molecule has 1 aromatic rings. The fourth-order valence-corrected chi connectivity index (χ4v) is 4.93. The lowest BCUT2D eigenvalue weighted by Gasteiger charge is -2.46. The van der Waals surface area contributed by atoms with E-state index in [-0.39, 0.29) is 0 Å². The van der Waals surface area contributed by atoms with E-state index in [1.54, 1.807) is 12.0 Å². The Kier molecular flexibility index (Phi) is 2.73. The molecule has 3 aliphatic rings. The molecule has 2 bridgehead atoms. The Hall–Kier alpha value is -0.820. The van der Waals surface area contributed by atoms with Crippen LogP contribution in [0.15, 0.2) is 24.3 Å². The van der Waals surface area contributed by atoms with E-state index >= 15 is 0 Å². The lowest BCUT2D eigenvalue weighted by molar-refractivity contribution is 0.180. The molecule has 1 aromatic carbocycles. The molecule has 19 heavy (non-hydrogen) atoms. The molecular weight excluding hydrogens is 230 g/mol. The zero-order valence-electron chi connectivity index (χ0n) is 12.0. The summed E-state index contributed by atoms with van der Waals surface area (Å²) in [7, 11) is 0. The maximum absolute atomic E-state index is 3.53. The lowest BCUT2D eigenvalue weighted by Crippen LogP contribution is -2.57. The Labute approximate surface area is 116 Å². The number of benzene rings is 1. The van der Waals surface area contributed by atoms with Gasteiger partial charge in [-0.25, -0.2) is 0 Å². The summed E-state index contributed by atoms with van der Waals surface area (Å²) in [6.45, 7) is 4.58. The van der Waals surface area contributed by atoms with Gasteiger partial charge >= 0.3 is 0 Å². The maximum atomic E-state index is 3.53. The number of rotatable bonds is 3. The summed E-state index contributed by atoms with van der Waals surface area (Å²) in [5, 5.41) is 3.53. The number of nitrogens with one attached hydrogen (secondary N) is 1. The van der Waals surface area contributed by atoms with Crippen molar-refractivity contribution in [3.05, 3.63) is 35.4 Å². The van der Waals surface area contributed by atoms with Crippen LogP contribution in [-0.4, -0.2) is 13.1 Å². The summed E-state index contributed by atoms with van der Waals surface area (Å²) in [6, 6.07) is 9.33. The van der Waals surface area contributed by atoms with Crippen LogP contribution < -0.4 is 5.32 Å². The van der Waals surface area contributed by atoms with Crippen LogP contribution in [0.2, 0.25) is 0 Å². The first-order valence-corrected chi connectivity index (χ1v) is 8.03. The van der Waals surface area contributed by atoms with Crippen LogP contribution in [0.1, 0.15) is 43.2 Å². The fourth-order valence-electron chi connectivity index (χ4n) is 4.93.